The molecule has 0 bridgehead atoms. The molecule has 1 aliphatic carbocycles. The van der Waals surface area contributed by atoms with E-state index in [0.717, 1.165) is 51.9 Å². The molecule has 0 aromatic heterocycles. The number of amides is 1. The van der Waals surface area contributed by atoms with Gasteiger partial charge in [-0.3, -0.25) is 5.01 Å². The standard InChI is InChI=1S/C27H25F3N4O4S/c28-27(29,30)21-11-13-22(14-12-21)39(37,38)34-24(20-10-9-17-7-4-8-19(17)15-20)23(18-5-2-1-3-6-18)16-33(34)25(31)32-26(35)36/h1-3,5-6,9-15,23-24H,4,7-8,16H2,(H2,31,32)(H,35,36). The lowest BCUT2D eigenvalue weighted by Gasteiger charge is -2.32. The Kier molecular flexibility index (Phi) is 6.85. The van der Waals surface area contributed by atoms with Crippen LogP contribution in [0.1, 0.15) is 46.2 Å². The third-order valence-electron chi connectivity index (χ3n) is 7.12. The first kappa shape index (κ1) is 26.7. The first-order valence-electron chi connectivity index (χ1n) is 12.2. The number of hydrazine groups is 1. The van der Waals surface area contributed by atoms with E-state index in [1.54, 1.807) is 12.1 Å². The minimum atomic E-state index is -4.65. The summed E-state index contributed by atoms with van der Waals surface area (Å²) in [7, 11) is -4.55. The Morgan fingerprint density at radius 1 is 0.949 bits per heavy atom. The van der Waals surface area contributed by atoms with Crippen LogP contribution in [0.15, 0.2) is 82.7 Å². The third kappa shape index (κ3) is 5.09. The highest BCUT2D eigenvalue weighted by atomic mass is 32.2. The van der Waals surface area contributed by atoms with E-state index >= 15 is 0 Å². The van der Waals surface area contributed by atoms with Gasteiger partial charge in [0.2, 0.25) is 5.96 Å². The Bertz CT molecular complexity index is 1530. The summed E-state index contributed by atoms with van der Waals surface area (Å²) in [4.78, 5) is 14.3. The zero-order chi connectivity index (χ0) is 27.9. The lowest BCUT2D eigenvalue weighted by Crippen LogP contribution is -2.49. The number of alkyl halides is 3. The van der Waals surface area contributed by atoms with Gasteiger partial charge in [0.05, 0.1) is 16.5 Å². The maximum absolute atomic E-state index is 14.1. The van der Waals surface area contributed by atoms with Gasteiger partial charge in [0.15, 0.2) is 0 Å². The van der Waals surface area contributed by atoms with Crippen molar-refractivity contribution in [3.8, 4) is 0 Å². The molecule has 0 radical (unpaired) electrons. The number of rotatable bonds is 4. The molecular formula is C27H25F3N4O4S. The molecule has 8 nitrogen and oxygen atoms in total. The molecule has 3 N–H and O–H groups in total. The smallest absolute Gasteiger partial charge is 0.434 e. The molecule has 1 fully saturated rings. The number of carboxylic acid groups (broad SMARTS) is 1. The minimum absolute atomic E-state index is 0.0335. The summed E-state index contributed by atoms with van der Waals surface area (Å²) in [6.07, 6.45) is -3.53. The Hall–Kier alpha value is -3.90. The van der Waals surface area contributed by atoms with E-state index in [9.17, 15) is 31.5 Å². The van der Waals surface area contributed by atoms with Gasteiger partial charge < -0.3 is 10.8 Å². The van der Waals surface area contributed by atoms with Gasteiger partial charge in [-0.05, 0) is 65.8 Å². The fourth-order valence-electron chi connectivity index (χ4n) is 5.35. The highest BCUT2D eigenvalue weighted by Crippen LogP contribution is 2.47. The summed E-state index contributed by atoms with van der Waals surface area (Å²) in [5, 5.41) is 10.3. The Labute approximate surface area is 223 Å². The third-order valence-corrected chi connectivity index (χ3v) is 8.90. The molecular weight excluding hydrogens is 533 g/mol. The normalized spacial score (nSPS) is 20.3. The van der Waals surface area contributed by atoms with Crippen LogP contribution in [0.2, 0.25) is 0 Å². The maximum atomic E-state index is 14.1. The number of hydrogen-bond donors (Lipinski definition) is 2. The predicted molar refractivity (Wildman–Crippen MR) is 137 cm³/mol. The number of nitrogens with two attached hydrogens (primary N) is 1. The summed E-state index contributed by atoms with van der Waals surface area (Å²) in [6.45, 7) is -0.0335. The molecule has 1 saturated heterocycles. The molecule has 1 amide bonds. The molecule has 2 aliphatic rings. The molecule has 12 heteroatoms. The van der Waals surface area contributed by atoms with Crippen molar-refractivity contribution in [1.82, 2.24) is 9.42 Å². The molecule has 2 atom stereocenters. The molecule has 39 heavy (non-hydrogen) atoms. The van der Waals surface area contributed by atoms with Crippen molar-refractivity contribution < 1.29 is 31.5 Å². The highest BCUT2D eigenvalue weighted by Gasteiger charge is 2.49. The second-order valence-corrected chi connectivity index (χ2v) is 11.3. The zero-order valence-electron chi connectivity index (χ0n) is 20.5. The molecule has 5 rings (SSSR count). The average Bonchev–Trinajstić information content (AvgIpc) is 3.53. The summed E-state index contributed by atoms with van der Waals surface area (Å²) < 4.78 is 68.8. The van der Waals surface area contributed by atoms with Crippen molar-refractivity contribution in [2.75, 3.05) is 6.54 Å². The Morgan fingerprint density at radius 2 is 1.62 bits per heavy atom. The van der Waals surface area contributed by atoms with Gasteiger partial charge in [-0.25, -0.2) is 13.2 Å². The van der Waals surface area contributed by atoms with E-state index in [1.165, 1.54) is 5.56 Å². The van der Waals surface area contributed by atoms with Crippen molar-refractivity contribution in [3.05, 3.63) is 101 Å². The van der Waals surface area contributed by atoms with Gasteiger partial charge >= 0.3 is 12.3 Å². The maximum Gasteiger partial charge on any atom is 0.434 e. The number of nitrogens with zero attached hydrogens (tertiary/aromatic N) is 3. The number of aliphatic imine (C=N–C) groups is 1. The van der Waals surface area contributed by atoms with E-state index in [4.69, 9.17) is 5.73 Å². The van der Waals surface area contributed by atoms with Crippen LogP contribution in [0, 0.1) is 0 Å². The lowest BCUT2D eigenvalue weighted by atomic mass is 9.87. The number of fused-ring (bicyclic) bond motifs is 1. The number of aryl methyl sites for hydroxylation is 2. The van der Waals surface area contributed by atoms with E-state index < -0.39 is 50.7 Å². The number of sulfonamides is 1. The minimum Gasteiger partial charge on any atom is -0.463 e. The zero-order valence-corrected chi connectivity index (χ0v) is 21.4. The topological polar surface area (TPSA) is 116 Å². The molecule has 1 heterocycles. The number of guanidine groups is 1. The fraction of sp³-hybridized carbons (Fsp3) is 0.259. The number of halogens is 3. The van der Waals surface area contributed by atoms with Crippen molar-refractivity contribution in [2.45, 2.75) is 42.3 Å². The van der Waals surface area contributed by atoms with Crippen molar-refractivity contribution in [1.29, 1.82) is 0 Å². The quantitative estimate of drug-likeness (QED) is 0.346. The van der Waals surface area contributed by atoms with E-state index in [1.807, 2.05) is 36.4 Å². The Balaban J connectivity index is 1.70. The first-order valence-corrected chi connectivity index (χ1v) is 13.6. The number of hydrogen-bond acceptors (Lipinski definition) is 3. The SMILES string of the molecule is N/C(=N\C(=O)O)N1CC(c2ccccc2)C(c2ccc3c(c2)CCC3)N1S(=O)(=O)c1ccc(C(F)(F)F)cc1. The van der Waals surface area contributed by atoms with Crippen LogP contribution in [-0.4, -0.2) is 41.5 Å². The molecule has 1 aliphatic heterocycles. The summed E-state index contributed by atoms with van der Waals surface area (Å²) in [5.41, 5.74) is 8.75. The van der Waals surface area contributed by atoms with Crippen LogP contribution < -0.4 is 5.73 Å². The molecule has 3 aromatic rings. The van der Waals surface area contributed by atoms with Crippen LogP contribution in [0.4, 0.5) is 18.0 Å². The van der Waals surface area contributed by atoms with E-state index in [-0.39, 0.29) is 6.54 Å². The fourth-order valence-corrected chi connectivity index (χ4v) is 7.02. The summed E-state index contributed by atoms with van der Waals surface area (Å²) in [6, 6.07) is 17.1. The van der Waals surface area contributed by atoms with Gasteiger partial charge in [0.25, 0.3) is 10.0 Å². The molecule has 0 saturated carbocycles. The predicted octanol–water partition coefficient (Wildman–Crippen LogP) is 4.93. The van der Waals surface area contributed by atoms with Crippen molar-refractivity contribution >= 4 is 22.1 Å². The van der Waals surface area contributed by atoms with Gasteiger partial charge in [0.1, 0.15) is 0 Å². The van der Waals surface area contributed by atoms with Crippen molar-refractivity contribution in [3.63, 3.8) is 0 Å². The highest BCUT2D eigenvalue weighted by molar-refractivity contribution is 7.89. The second-order valence-electron chi connectivity index (χ2n) is 9.48. The summed E-state index contributed by atoms with van der Waals surface area (Å²) >= 11 is 0. The molecule has 0 spiro atoms. The van der Waals surface area contributed by atoms with E-state index in [0.29, 0.717) is 17.7 Å². The van der Waals surface area contributed by atoms with Crippen LogP contribution in [0.25, 0.3) is 0 Å². The van der Waals surface area contributed by atoms with E-state index in [2.05, 4.69) is 4.99 Å². The molecule has 204 valence electrons. The number of benzene rings is 3. The van der Waals surface area contributed by atoms with Gasteiger partial charge in [-0.15, -0.1) is 4.99 Å². The Morgan fingerprint density at radius 3 is 2.26 bits per heavy atom. The second kappa shape index (κ2) is 10.0. The van der Waals surface area contributed by atoms with Gasteiger partial charge in [-0.1, -0.05) is 52.9 Å². The van der Waals surface area contributed by atoms with Crippen molar-refractivity contribution in [2.24, 2.45) is 10.7 Å². The van der Waals surface area contributed by atoms with Crippen LogP contribution in [0.5, 0.6) is 0 Å². The van der Waals surface area contributed by atoms with Gasteiger partial charge in [-0.2, -0.15) is 13.2 Å². The van der Waals surface area contributed by atoms with Crippen LogP contribution >= 0.6 is 0 Å². The lowest BCUT2D eigenvalue weighted by molar-refractivity contribution is -0.137. The van der Waals surface area contributed by atoms with Crippen LogP contribution in [0.3, 0.4) is 0 Å². The number of carbonyl (C=O) groups is 1. The molecule has 3 aromatic carbocycles. The van der Waals surface area contributed by atoms with Crippen LogP contribution in [-0.2, 0) is 29.0 Å². The summed E-state index contributed by atoms with van der Waals surface area (Å²) in [5.74, 6) is -1.07. The first-order chi connectivity index (χ1) is 18.5. The molecule has 2 unspecified atom stereocenters. The van der Waals surface area contributed by atoms with Gasteiger partial charge in [0, 0.05) is 12.5 Å². The average molecular weight is 559 g/mol. The monoisotopic (exact) mass is 558 g/mol. The largest absolute Gasteiger partial charge is 0.463 e.